The minimum atomic E-state index is -1.83. The molecule has 0 aromatic carbocycles. The number of nitrogens with one attached hydrogen (secondary N) is 1. The van der Waals surface area contributed by atoms with Crippen LogP contribution >= 0.6 is 0 Å². The molecule has 0 spiro atoms. The molecule has 0 fully saturated rings. The van der Waals surface area contributed by atoms with Crippen molar-refractivity contribution < 1.29 is 19.4 Å². The third-order valence-corrected chi connectivity index (χ3v) is 7.70. The molecule has 0 aliphatic carbocycles. The number of rotatable bonds is 6. The van der Waals surface area contributed by atoms with E-state index in [0.29, 0.717) is 6.42 Å². The minimum absolute atomic E-state index is 0.117. The van der Waals surface area contributed by atoms with Gasteiger partial charge in [-0.25, -0.2) is 4.79 Å². The van der Waals surface area contributed by atoms with Crippen molar-refractivity contribution >= 4 is 14.4 Å². The highest BCUT2D eigenvalue weighted by Crippen LogP contribution is 2.36. The number of carbonyl (C=O) groups is 1. The van der Waals surface area contributed by atoms with E-state index in [1.807, 2.05) is 0 Å². The molecule has 1 amide bonds. The Morgan fingerprint density at radius 2 is 1.94 bits per heavy atom. The van der Waals surface area contributed by atoms with E-state index in [-0.39, 0.29) is 18.2 Å². The summed E-state index contributed by atoms with van der Waals surface area (Å²) in [7, 11) is -1.83. The summed E-state index contributed by atoms with van der Waals surface area (Å²) in [6.45, 7) is 11.2. The first kappa shape index (κ1) is 16.4. The van der Waals surface area contributed by atoms with E-state index in [9.17, 15) is 9.90 Å². The molecule has 0 bridgehead atoms. The van der Waals surface area contributed by atoms with Crippen molar-refractivity contribution in [2.24, 2.45) is 0 Å². The third kappa shape index (κ3) is 6.65. The van der Waals surface area contributed by atoms with Gasteiger partial charge in [-0.2, -0.15) is 0 Å². The van der Waals surface area contributed by atoms with Gasteiger partial charge in [-0.1, -0.05) is 20.8 Å². The number of amides is 1. The predicted octanol–water partition coefficient (Wildman–Crippen LogP) is 2.03. The fourth-order valence-electron chi connectivity index (χ4n) is 0.950. The molecule has 6 heteroatoms. The first-order valence-corrected chi connectivity index (χ1v) is 8.76. The summed E-state index contributed by atoms with van der Waals surface area (Å²) in [5.41, 5.74) is 0. The topological polar surface area (TPSA) is 78.8 Å². The average molecular weight is 263 g/mol. The molecule has 0 aromatic heterocycles. The lowest BCUT2D eigenvalue weighted by Crippen LogP contribution is -2.43. The summed E-state index contributed by atoms with van der Waals surface area (Å²) < 4.78 is 5.83. The van der Waals surface area contributed by atoms with Gasteiger partial charge in [-0.05, 0) is 24.6 Å². The van der Waals surface area contributed by atoms with Gasteiger partial charge in [0.15, 0.2) is 8.32 Å². The molecule has 0 rings (SSSR count). The Bertz CT molecular complexity index is 250. The molecule has 102 valence electrons. The van der Waals surface area contributed by atoms with Gasteiger partial charge in [-0.15, -0.1) is 0 Å². The third-order valence-electron chi connectivity index (χ3n) is 3.20. The maximum atomic E-state index is 10.2. The van der Waals surface area contributed by atoms with Gasteiger partial charge in [-0.3, -0.25) is 0 Å². The largest absolute Gasteiger partial charge is 0.465 e. The van der Waals surface area contributed by atoms with Gasteiger partial charge in [0.2, 0.25) is 0 Å². The van der Waals surface area contributed by atoms with Gasteiger partial charge in [0.05, 0.1) is 12.7 Å². The van der Waals surface area contributed by atoms with Crippen molar-refractivity contribution in [1.82, 2.24) is 5.32 Å². The number of aliphatic hydroxyl groups is 1. The lowest BCUT2D eigenvalue weighted by Gasteiger charge is -2.36. The Hall–Kier alpha value is -0.593. The number of carboxylic acid groups (broad SMARTS) is 1. The molecule has 0 aromatic rings. The monoisotopic (exact) mass is 263 g/mol. The molecule has 0 radical (unpaired) electrons. The Balaban J connectivity index is 3.91. The minimum Gasteiger partial charge on any atom is -0.465 e. The van der Waals surface area contributed by atoms with Crippen LogP contribution in [0.2, 0.25) is 18.1 Å². The first-order valence-electron chi connectivity index (χ1n) is 5.85. The highest BCUT2D eigenvalue weighted by molar-refractivity contribution is 6.74. The fourth-order valence-corrected chi connectivity index (χ4v) is 1.99. The second kappa shape index (κ2) is 6.37. The molecule has 0 saturated carbocycles. The predicted molar refractivity (Wildman–Crippen MR) is 69.8 cm³/mol. The normalized spacial score (nSPS) is 14.5. The Labute approximate surface area is 104 Å². The summed E-state index contributed by atoms with van der Waals surface area (Å²) in [6.07, 6.45) is -1.31. The molecular weight excluding hydrogens is 238 g/mol. The molecule has 0 saturated heterocycles. The van der Waals surface area contributed by atoms with Crippen molar-refractivity contribution in [3.63, 3.8) is 0 Å². The summed E-state index contributed by atoms with van der Waals surface area (Å²) in [6, 6.07) is 0. The zero-order valence-corrected chi connectivity index (χ0v) is 12.4. The van der Waals surface area contributed by atoms with Crippen molar-refractivity contribution in [2.45, 2.75) is 51.4 Å². The smallest absolute Gasteiger partial charge is 0.404 e. The highest BCUT2D eigenvalue weighted by atomic mass is 28.4. The van der Waals surface area contributed by atoms with E-state index in [1.165, 1.54) is 0 Å². The molecule has 0 heterocycles. The summed E-state index contributed by atoms with van der Waals surface area (Å²) in [5, 5.41) is 20.4. The Kier molecular flexibility index (Phi) is 6.15. The quantitative estimate of drug-likeness (QED) is 0.641. The van der Waals surface area contributed by atoms with Crippen molar-refractivity contribution in [1.29, 1.82) is 0 Å². The Morgan fingerprint density at radius 1 is 1.41 bits per heavy atom. The van der Waals surface area contributed by atoms with Gasteiger partial charge < -0.3 is 20.0 Å². The second-order valence-corrected chi connectivity index (χ2v) is 10.6. The zero-order chi connectivity index (χ0) is 13.7. The SMILES string of the molecule is CC(C)(C)[Si](C)(C)OCC(O)CCNC(=O)O. The average Bonchev–Trinajstić information content (AvgIpc) is 2.12. The van der Waals surface area contributed by atoms with E-state index < -0.39 is 20.5 Å². The van der Waals surface area contributed by atoms with Crippen LogP contribution in [-0.4, -0.2) is 43.9 Å². The van der Waals surface area contributed by atoms with Gasteiger partial charge in [0.25, 0.3) is 0 Å². The molecule has 0 aliphatic heterocycles. The highest BCUT2D eigenvalue weighted by Gasteiger charge is 2.37. The van der Waals surface area contributed by atoms with Gasteiger partial charge in [0.1, 0.15) is 0 Å². The first-order chi connectivity index (χ1) is 7.56. The maximum Gasteiger partial charge on any atom is 0.404 e. The summed E-state index contributed by atoms with van der Waals surface area (Å²) in [4.78, 5) is 10.2. The van der Waals surface area contributed by atoms with Crippen LogP contribution in [0.3, 0.4) is 0 Å². The fraction of sp³-hybridized carbons (Fsp3) is 0.909. The lowest BCUT2D eigenvalue weighted by molar-refractivity contribution is 0.0926. The van der Waals surface area contributed by atoms with E-state index in [2.05, 4.69) is 39.2 Å². The standard InChI is InChI=1S/C11H25NO4Si/c1-11(2,3)17(4,5)16-8-9(13)6-7-12-10(14)15/h9,12-13H,6-8H2,1-5H3,(H,14,15). The Morgan fingerprint density at radius 3 is 2.35 bits per heavy atom. The molecule has 5 nitrogen and oxygen atoms in total. The zero-order valence-electron chi connectivity index (χ0n) is 11.4. The molecule has 1 atom stereocenters. The molecular formula is C11H25NO4Si. The van der Waals surface area contributed by atoms with E-state index in [1.54, 1.807) is 0 Å². The van der Waals surface area contributed by atoms with Crippen LogP contribution in [0.1, 0.15) is 27.2 Å². The molecule has 3 N–H and O–H groups in total. The number of aliphatic hydroxyl groups excluding tert-OH is 1. The lowest BCUT2D eigenvalue weighted by atomic mass is 10.2. The van der Waals surface area contributed by atoms with Crippen LogP contribution in [0.25, 0.3) is 0 Å². The van der Waals surface area contributed by atoms with Crippen LogP contribution in [0.4, 0.5) is 4.79 Å². The van der Waals surface area contributed by atoms with Crippen LogP contribution < -0.4 is 5.32 Å². The van der Waals surface area contributed by atoms with Crippen LogP contribution in [0.15, 0.2) is 0 Å². The maximum absolute atomic E-state index is 10.2. The molecule has 0 aliphatic rings. The van der Waals surface area contributed by atoms with Crippen molar-refractivity contribution in [2.75, 3.05) is 13.2 Å². The summed E-state index contributed by atoms with van der Waals surface area (Å²) in [5.74, 6) is 0. The summed E-state index contributed by atoms with van der Waals surface area (Å²) >= 11 is 0. The van der Waals surface area contributed by atoms with Crippen molar-refractivity contribution in [3.05, 3.63) is 0 Å². The number of hydrogen-bond donors (Lipinski definition) is 3. The second-order valence-electron chi connectivity index (χ2n) is 5.75. The van der Waals surface area contributed by atoms with E-state index >= 15 is 0 Å². The van der Waals surface area contributed by atoms with Gasteiger partial charge >= 0.3 is 6.09 Å². The van der Waals surface area contributed by atoms with E-state index in [4.69, 9.17) is 9.53 Å². The van der Waals surface area contributed by atoms with Crippen LogP contribution in [-0.2, 0) is 4.43 Å². The van der Waals surface area contributed by atoms with Crippen LogP contribution in [0.5, 0.6) is 0 Å². The van der Waals surface area contributed by atoms with Crippen molar-refractivity contribution in [3.8, 4) is 0 Å². The van der Waals surface area contributed by atoms with Gasteiger partial charge in [0, 0.05) is 6.54 Å². The van der Waals surface area contributed by atoms with E-state index in [0.717, 1.165) is 0 Å². The number of hydrogen-bond acceptors (Lipinski definition) is 3. The molecule has 1 unspecified atom stereocenters. The van der Waals surface area contributed by atoms with Crippen LogP contribution in [0, 0.1) is 0 Å². The molecule has 17 heavy (non-hydrogen) atoms.